The zero-order valence-corrected chi connectivity index (χ0v) is 13.5. The summed E-state index contributed by atoms with van der Waals surface area (Å²) >= 11 is 0. The minimum atomic E-state index is 0.125. The summed E-state index contributed by atoms with van der Waals surface area (Å²) in [5.41, 5.74) is 6.99. The third kappa shape index (κ3) is 6.12. The molecule has 1 amide bonds. The Bertz CT molecular complexity index is 549. The molecule has 0 saturated carbocycles. The number of oxime groups is 1. The lowest BCUT2D eigenvalue weighted by molar-refractivity contribution is -0.130. The zero-order valence-electron chi connectivity index (χ0n) is 13.5. The highest BCUT2D eigenvalue weighted by Gasteiger charge is 2.18. The van der Waals surface area contributed by atoms with Crippen molar-refractivity contribution in [2.75, 3.05) is 39.3 Å². The largest absolute Gasteiger partial charge is 0.390 e. The van der Waals surface area contributed by atoms with Gasteiger partial charge in [-0.05, 0) is 11.6 Å². The molecule has 1 aliphatic heterocycles. The summed E-state index contributed by atoms with van der Waals surface area (Å²) in [5.74, 6) is 0.578. The van der Waals surface area contributed by atoms with E-state index < -0.39 is 0 Å². The molecule has 1 heterocycles. The Morgan fingerprint density at radius 3 is 2.61 bits per heavy atom. The lowest BCUT2D eigenvalue weighted by Gasteiger charge is -2.33. The van der Waals surface area contributed by atoms with E-state index in [2.05, 4.69) is 10.1 Å². The van der Waals surface area contributed by atoms with Gasteiger partial charge in [0.05, 0.1) is 6.54 Å². The number of piperazine rings is 1. The predicted molar refractivity (Wildman–Crippen MR) is 91.7 cm³/mol. The van der Waals surface area contributed by atoms with Gasteiger partial charge in [-0.15, -0.1) is 0 Å². The Morgan fingerprint density at radius 1 is 1.26 bits per heavy atom. The SMILES string of the molecule is CC(=O)N1CCN(C/C(N)=N\OC/C=C/c2ccccc2)CC1. The topological polar surface area (TPSA) is 71.2 Å². The van der Waals surface area contributed by atoms with Crippen molar-refractivity contribution < 1.29 is 9.63 Å². The normalized spacial score (nSPS) is 16.7. The number of hydrogen-bond acceptors (Lipinski definition) is 4. The molecule has 0 spiro atoms. The average molecular weight is 316 g/mol. The van der Waals surface area contributed by atoms with Crippen LogP contribution in [0.3, 0.4) is 0 Å². The van der Waals surface area contributed by atoms with Gasteiger partial charge in [0, 0.05) is 33.1 Å². The first-order chi connectivity index (χ1) is 11.1. The average Bonchev–Trinajstić information content (AvgIpc) is 2.56. The number of amides is 1. The van der Waals surface area contributed by atoms with E-state index in [0.29, 0.717) is 19.0 Å². The smallest absolute Gasteiger partial charge is 0.219 e. The van der Waals surface area contributed by atoms with E-state index in [9.17, 15) is 4.79 Å². The number of hydrogen-bond donors (Lipinski definition) is 1. The lowest BCUT2D eigenvalue weighted by atomic mass is 10.2. The molecule has 1 saturated heterocycles. The maximum absolute atomic E-state index is 11.3. The molecule has 0 aromatic heterocycles. The summed E-state index contributed by atoms with van der Waals surface area (Å²) < 4.78 is 0. The minimum absolute atomic E-state index is 0.125. The van der Waals surface area contributed by atoms with Gasteiger partial charge in [-0.2, -0.15) is 0 Å². The van der Waals surface area contributed by atoms with Gasteiger partial charge < -0.3 is 15.5 Å². The van der Waals surface area contributed by atoms with Gasteiger partial charge in [0.25, 0.3) is 0 Å². The Morgan fingerprint density at radius 2 is 1.96 bits per heavy atom. The van der Waals surface area contributed by atoms with Gasteiger partial charge >= 0.3 is 0 Å². The molecule has 124 valence electrons. The molecule has 1 fully saturated rings. The molecule has 0 bridgehead atoms. The van der Waals surface area contributed by atoms with Crippen molar-refractivity contribution in [3.05, 3.63) is 42.0 Å². The molecule has 0 radical (unpaired) electrons. The quantitative estimate of drug-likeness (QED) is 0.370. The molecule has 23 heavy (non-hydrogen) atoms. The van der Waals surface area contributed by atoms with Crippen molar-refractivity contribution in [2.45, 2.75) is 6.92 Å². The first kappa shape index (κ1) is 17.0. The molecular weight excluding hydrogens is 292 g/mol. The van der Waals surface area contributed by atoms with Gasteiger partial charge in [0.2, 0.25) is 5.91 Å². The van der Waals surface area contributed by atoms with Crippen LogP contribution in [0, 0.1) is 0 Å². The molecule has 6 nitrogen and oxygen atoms in total. The van der Waals surface area contributed by atoms with E-state index in [-0.39, 0.29) is 5.91 Å². The number of carbonyl (C=O) groups excluding carboxylic acids is 1. The van der Waals surface area contributed by atoms with Gasteiger partial charge in [-0.1, -0.05) is 41.6 Å². The van der Waals surface area contributed by atoms with E-state index in [1.807, 2.05) is 47.4 Å². The highest BCUT2D eigenvalue weighted by atomic mass is 16.6. The summed E-state index contributed by atoms with van der Waals surface area (Å²) in [4.78, 5) is 20.5. The van der Waals surface area contributed by atoms with Crippen LogP contribution in [0.2, 0.25) is 0 Å². The Kier molecular flexibility index (Phi) is 6.62. The van der Waals surface area contributed by atoms with Crippen LogP contribution in [-0.4, -0.2) is 60.9 Å². The van der Waals surface area contributed by atoms with Crippen LogP contribution in [0.15, 0.2) is 41.6 Å². The molecule has 0 aliphatic carbocycles. The summed E-state index contributed by atoms with van der Waals surface area (Å²) in [6.45, 7) is 5.64. The number of carbonyl (C=O) groups is 1. The molecule has 6 heteroatoms. The first-order valence-corrected chi connectivity index (χ1v) is 7.79. The van der Waals surface area contributed by atoms with Gasteiger partial charge in [-0.25, -0.2) is 0 Å². The number of nitrogens with two attached hydrogens (primary N) is 1. The van der Waals surface area contributed by atoms with Crippen molar-refractivity contribution >= 4 is 17.8 Å². The van der Waals surface area contributed by atoms with Crippen LogP contribution in [0.4, 0.5) is 0 Å². The summed E-state index contributed by atoms with van der Waals surface area (Å²) in [6, 6.07) is 10.0. The second-order valence-electron chi connectivity index (χ2n) is 5.47. The number of benzene rings is 1. The van der Waals surface area contributed by atoms with Gasteiger partial charge in [0.15, 0.2) is 5.84 Å². The first-order valence-electron chi connectivity index (χ1n) is 7.79. The third-order valence-electron chi connectivity index (χ3n) is 3.67. The Hall–Kier alpha value is -2.34. The lowest BCUT2D eigenvalue weighted by Crippen LogP contribution is -2.50. The van der Waals surface area contributed by atoms with Crippen molar-refractivity contribution in [1.82, 2.24) is 9.80 Å². The Labute approximate surface area is 137 Å². The number of nitrogens with zero attached hydrogens (tertiary/aromatic N) is 3. The zero-order chi connectivity index (χ0) is 16.5. The molecule has 1 aromatic carbocycles. The molecule has 1 aliphatic rings. The highest BCUT2D eigenvalue weighted by molar-refractivity contribution is 5.81. The third-order valence-corrected chi connectivity index (χ3v) is 3.67. The van der Waals surface area contributed by atoms with Crippen LogP contribution in [0.1, 0.15) is 12.5 Å². The standard InChI is InChI=1S/C17H24N4O2/c1-15(22)21-11-9-20(10-12-21)14-17(18)19-23-13-5-8-16-6-3-2-4-7-16/h2-8H,9-14H2,1H3,(H2,18,19)/b8-5+. The second-order valence-corrected chi connectivity index (χ2v) is 5.47. The van der Waals surface area contributed by atoms with Crippen LogP contribution in [0.25, 0.3) is 6.08 Å². The monoisotopic (exact) mass is 316 g/mol. The van der Waals surface area contributed by atoms with Crippen molar-refractivity contribution in [1.29, 1.82) is 0 Å². The minimum Gasteiger partial charge on any atom is -0.390 e. The van der Waals surface area contributed by atoms with E-state index in [4.69, 9.17) is 10.6 Å². The van der Waals surface area contributed by atoms with Crippen LogP contribution in [-0.2, 0) is 9.63 Å². The molecule has 0 atom stereocenters. The summed E-state index contributed by atoms with van der Waals surface area (Å²) in [7, 11) is 0. The van der Waals surface area contributed by atoms with Crippen LogP contribution < -0.4 is 5.73 Å². The second kappa shape index (κ2) is 8.95. The molecule has 1 aromatic rings. The molecule has 2 N–H and O–H groups in total. The van der Waals surface area contributed by atoms with Crippen molar-refractivity contribution in [2.24, 2.45) is 10.9 Å². The van der Waals surface area contributed by atoms with E-state index in [1.54, 1.807) is 6.92 Å². The molecule has 0 unspecified atom stereocenters. The van der Waals surface area contributed by atoms with E-state index >= 15 is 0 Å². The van der Waals surface area contributed by atoms with E-state index in [0.717, 1.165) is 31.7 Å². The maximum Gasteiger partial charge on any atom is 0.219 e. The highest BCUT2D eigenvalue weighted by Crippen LogP contribution is 2.02. The van der Waals surface area contributed by atoms with E-state index in [1.165, 1.54) is 0 Å². The maximum atomic E-state index is 11.3. The molecule has 2 rings (SSSR count). The van der Waals surface area contributed by atoms with Gasteiger partial charge in [0.1, 0.15) is 6.61 Å². The summed E-state index contributed by atoms with van der Waals surface area (Å²) in [5, 5.41) is 3.92. The predicted octanol–water partition coefficient (Wildman–Crippen LogP) is 1.15. The number of rotatable bonds is 6. The fraction of sp³-hybridized carbons (Fsp3) is 0.412. The molecular formula is C17H24N4O2. The van der Waals surface area contributed by atoms with Crippen molar-refractivity contribution in [3.8, 4) is 0 Å². The van der Waals surface area contributed by atoms with Crippen molar-refractivity contribution in [3.63, 3.8) is 0 Å². The van der Waals surface area contributed by atoms with Crippen LogP contribution in [0.5, 0.6) is 0 Å². The van der Waals surface area contributed by atoms with Gasteiger partial charge in [-0.3, -0.25) is 9.69 Å². The van der Waals surface area contributed by atoms with Crippen LogP contribution >= 0.6 is 0 Å². The summed E-state index contributed by atoms with van der Waals surface area (Å²) in [6.07, 6.45) is 3.88. The Balaban J connectivity index is 1.66. The fourth-order valence-electron chi connectivity index (χ4n) is 2.39. The fourth-order valence-corrected chi connectivity index (χ4v) is 2.39. The number of amidine groups is 1.